The molecule has 0 aliphatic carbocycles. The van der Waals surface area contributed by atoms with E-state index >= 15 is 0 Å². The molecule has 0 amide bonds. The lowest BCUT2D eigenvalue weighted by Gasteiger charge is -2.11. The average molecular weight is 310 g/mol. The summed E-state index contributed by atoms with van der Waals surface area (Å²) >= 11 is 3.33. The molecule has 0 spiro atoms. The van der Waals surface area contributed by atoms with Crippen LogP contribution in [0.2, 0.25) is 0 Å². The van der Waals surface area contributed by atoms with Crippen molar-refractivity contribution in [3.05, 3.63) is 64.1 Å². The molecule has 1 unspecified atom stereocenters. The molecule has 1 atom stereocenters. The molecule has 2 nitrogen and oxygen atoms in total. The fraction of sp³-hybridized carbons (Fsp3) is 0.214. The summed E-state index contributed by atoms with van der Waals surface area (Å²) < 4.78 is 14.3. The molecule has 94 valence electrons. The molecular weight excluding hydrogens is 297 g/mol. The minimum atomic E-state index is -0.613. The fourth-order valence-corrected chi connectivity index (χ4v) is 2.24. The van der Waals surface area contributed by atoms with E-state index in [-0.39, 0.29) is 5.82 Å². The molecule has 0 aliphatic heterocycles. The zero-order chi connectivity index (χ0) is 13.0. The molecule has 2 aromatic rings. The van der Waals surface area contributed by atoms with Gasteiger partial charge >= 0.3 is 0 Å². The van der Waals surface area contributed by atoms with Gasteiger partial charge in [-0.3, -0.25) is 4.98 Å². The number of aromatic nitrogens is 1. The maximum absolute atomic E-state index is 13.4. The molecule has 18 heavy (non-hydrogen) atoms. The first-order valence-corrected chi connectivity index (χ1v) is 6.45. The summed E-state index contributed by atoms with van der Waals surface area (Å²) in [7, 11) is 0. The molecule has 1 N–H and O–H groups in total. The Balaban J connectivity index is 2.01. The predicted molar refractivity (Wildman–Crippen MR) is 71.8 cm³/mol. The Bertz CT molecular complexity index is 533. The third-order valence-corrected chi connectivity index (χ3v) is 3.08. The molecule has 4 heteroatoms. The van der Waals surface area contributed by atoms with Crippen LogP contribution in [0.5, 0.6) is 0 Å². The number of aliphatic hydroxyl groups is 1. The van der Waals surface area contributed by atoms with Gasteiger partial charge in [-0.25, -0.2) is 4.39 Å². The maximum atomic E-state index is 13.4. The number of nitrogens with zero attached hydrogens (tertiary/aromatic N) is 1. The molecule has 0 saturated heterocycles. The van der Waals surface area contributed by atoms with Crippen LogP contribution in [0.1, 0.15) is 11.1 Å². The van der Waals surface area contributed by atoms with Crippen molar-refractivity contribution in [3.8, 4) is 0 Å². The molecule has 1 aromatic heterocycles. The van der Waals surface area contributed by atoms with Crippen LogP contribution in [0.15, 0.2) is 47.2 Å². The first-order valence-electron chi connectivity index (χ1n) is 5.66. The van der Waals surface area contributed by atoms with Crippen molar-refractivity contribution in [3.63, 3.8) is 0 Å². The number of pyridine rings is 1. The summed E-state index contributed by atoms with van der Waals surface area (Å²) in [5, 5.41) is 9.96. The quantitative estimate of drug-likeness (QED) is 0.941. The van der Waals surface area contributed by atoms with E-state index in [1.54, 1.807) is 30.6 Å². The molecule has 0 bridgehead atoms. The Morgan fingerprint density at radius 1 is 1.22 bits per heavy atom. The van der Waals surface area contributed by atoms with Crippen LogP contribution >= 0.6 is 15.9 Å². The monoisotopic (exact) mass is 309 g/mol. The van der Waals surface area contributed by atoms with Crippen molar-refractivity contribution >= 4 is 15.9 Å². The van der Waals surface area contributed by atoms with Gasteiger partial charge in [-0.1, -0.05) is 18.2 Å². The normalized spacial score (nSPS) is 12.4. The second kappa shape index (κ2) is 6.07. The van der Waals surface area contributed by atoms with Crippen LogP contribution in [0, 0.1) is 5.82 Å². The number of hydrogen-bond donors (Lipinski definition) is 1. The first kappa shape index (κ1) is 13.2. The van der Waals surface area contributed by atoms with Crippen molar-refractivity contribution in [1.82, 2.24) is 4.98 Å². The van der Waals surface area contributed by atoms with Crippen LogP contribution in [0.4, 0.5) is 4.39 Å². The summed E-state index contributed by atoms with van der Waals surface area (Å²) in [4.78, 5) is 4.03. The number of hydrogen-bond acceptors (Lipinski definition) is 2. The van der Waals surface area contributed by atoms with E-state index in [0.717, 1.165) is 10.0 Å². The Kier molecular flexibility index (Phi) is 4.44. The van der Waals surface area contributed by atoms with Gasteiger partial charge in [0.05, 0.1) is 6.10 Å². The topological polar surface area (TPSA) is 33.1 Å². The minimum Gasteiger partial charge on any atom is -0.392 e. The van der Waals surface area contributed by atoms with Crippen LogP contribution in [-0.2, 0) is 12.8 Å². The SMILES string of the molecule is OC(Cc1cncc(Br)c1)Cc1ccccc1F. The third-order valence-electron chi connectivity index (χ3n) is 2.65. The summed E-state index contributed by atoms with van der Waals surface area (Å²) in [6.45, 7) is 0. The van der Waals surface area contributed by atoms with Crippen molar-refractivity contribution in [2.24, 2.45) is 0 Å². The van der Waals surface area contributed by atoms with Crippen LogP contribution in [0.3, 0.4) is 0 Å². The standard InChI is InChI=1S/C14H13BrFNO/c15-12-5-10(8-17-9-12)6-13(18)7-11-3-1-2-4-14(11)16/h1-5,8-9,13,18H,6-7H2. The summed E-state index contributed by atoms with van der Waals surface area (Å²) in [5.74, 6) is -0.274. The first-order chi connectivity index (χ1) is 8.65. The molecule has 0 radical (unpaired) electrons. The Labute approximate surface area is 114 Å². The van der Waals surface area contributed by atoms with Crippen molar-refractivity contribution < 1.29 is 9.50 Å². The zero-order valence-electron chi connectivity index (χ0n) is 9.68. The number of aliphatic hydroxyl groups excluding tert-OH is 1. The van der Waals surface area contributed by atoms with Gasteiger partial charge in [0.15, 0.2) is 0 Å². The Morgan fingerprint density at radius 3 is 2.72 bits per heavy atom. The highest BCUT2D eigenvalue weighted by atomic mass is 79.9. The molecule has 0 fully saturated rings. The summed E-state index contributed by atoms with van der Waals surface area (Å²) in [6.07, 6.45) is 3.54. The van der Waals surface area contributed by atoms with Gasteiger partial charge in [-0.2, -0.15) is 0 Å². The minimum absolute atomic E-state index is 0.274. The fourth-order valence-electron chi connectivity index (χ4n) is 1.83. The van der Waals surface area contributed by atoms with Crippen molar-refractivity contribution in [2.45, 2.75) is 18.9 Å². The molecule has 0 aliphatic rings. The highest BCUT2D eigenvalue weighted by Crippen LogP contribution is 2.14. The van der Waals surface area contributed by atoms with E-state index in [4.69, 9.17) is 0 Å². The molecule has 1 aromatic carbocycles. The molecule has 2 rings (SSSR count). The van der Waals surface area contributed by atoms with Gasteiger partial charge in [0, 0.05) is 29.7 Å². The molecule has 0 saturated carbocycles. The van der Waals surface area contributed by atoms with Gasteiger partial charge in [-0.15, -0.1) is 0 Å². The highest BCUT2D eigenvalue weighted by molar-refractivity contribution is 9.10. The zero-order valence-corrected chi connectivity index (χ0v) is 11.3. The second-order valence-corrected chi connectivity index (χ2v) is 5.08. The molecular formula is C14H13BrFNO. The van der Waals surface area contributed by atoms with Crippen LogP contribution < -0.4 is 0 Å². The van der Waals surface area contributed by atoms with Crippen LogP contribution in [0.25, 0.3) is 0 Å². The van der Waals surface area contributed by atoms with Crippen molar-refractivity contribution in [1.29, 1.82) is 0 Å². The van der Waals surface area contributed by atoms with E-state index < -0.39 is 6.10 Å². The van der Waals surface area contributed by atoms with Gasteiger partial charge in [-0.05, 0) is 39.2 Å². The summed E-state index contributed by atoms with van der Waals surface area (Å²) in [6, 6.07) is 8.41. The average Bonchev–Trinajstić information content (AvgIpc) is 2.32. The summed E-state index contributed by atoms with van der Waals surface area (Å²) in [5.41, 5.74) is 1.46. The maximum Gasteiger partial charge on any atom is 0.126 e. The number of rotatable bonds is 4. The third kappa shape index (κ3) is 3.62. The van der Waals surface area contributed by atoms with Gasteiger partial charge in [0.25, 0.3) is 0 Å². The van der Waals surface area contributed by atoms with Gasteiger partial charge in [0.1, 0.15) is 5.82 Å². The second-order valence-electron chi connectivity index (χ2n) is 4.16. The predicted octanol–water partition coefficient (Wildman–Crippen LogP) is 3.13. The van der Waals surface area contributed by atoms with Crippen LogP contribution in [-0.4, -0.2) is 16.2 Å². The van der Waals surface area contributed by atoms with E-state index in [1.807, 2.05) is 6.07 Å². The molecule has 1 heterocycles. The van der Waals surface area contributed by atoms with Crippen molar-refractivity contribution in [2.75, 3.05) is 0 Å². The number of benzene rings is 1. The van der Waals surface area contributed by atoms with E-state index in [9.17, 15) is 9.50 Å². The Morgan fingerprint density at radius 2 is 2.00 bits per heavy atom. The lowest BCUT2D eigenvalue weighted by Crippen LogP contribution is -2.15. The smallest absolute Gasteiger partial charge is 0.126 e. The largest absolute Gasteiger partial charge is 0.392 e. The van der Waals surface area contributed by atoms with Gasteiger partial charge < -0.3 is 5.11 Å². The lowest BCUT2D eigenvalue weighted by atomic mass is 10.0. The number of halogens is 2. The van der Waals surface area contributed by atoms with E-state index in [0.29, 0.717) is 18.4 Å². The van der Waals surface area contributed by atoms with E-state index in [1.165, 1.54) is 6.07 Å². The van der Waals surface area contributed by atoms with Gasteiger partial charge in [0.2, 0.25) is 0 Å². The highest BCUT2D eigenvalue weighted by Gasteiger charge is 2.10. The Hall–Kier alpha value is -1.26. The van der Waals surface area contributed by atoms with E-state index in [2.05, 4.69) is 20.9 Å². The lowest BCUT2D eigenvalue weighted by molar-refractivity contribution is 0.174.